The molecule has 0 radical (unpaired) electrons. The van der Waals surface area contributed by atoms with Gasteiger partial charge in [0, 0.05) is 23.2 Å². The van der Waals surface area contributed by atoms with Crippen molar-refractivity contribution < 1.29 is 4.79 Å². The lowest BCUT2D eigenvalue weighted by atomic mass is 10.2. The van der Waals surface area contributed by atoms with Crippen LogP contribution >= 0.6 is 15.9 Å². The largest absolute Gasteiger partial charge is 0.305 e. The van der Waals surface area contributed by atoms with Gasteiger partial charge in [-0.05, 0) is 24.6 Å². The third kappa shape index (κ3) is 3.85. The van der Waals surface area contributed by atoms with E-state index in [9.17, 15) is 9.59 Å². The molecule has 7 nitrogen and oxygen atoms in total. The van der Waals surface area contributed by atoms with E-state index in [1.165, 1.54) is 16.8 Å². The number of nitrogens with one attached hydrogen (secondary N) is 1. The Morgan fingerprint density at radius 1 is 1.16 bits per heavy atom. The van der Waals surface area contributed by atoms with E-state index in [0.717, 1.165) is 10.0 Å². The molecule has 0 atom stereocenters. The Labute approximate surface area is 152 Å². The molecule has 0 spiro atoms. The van der Waals surface area contributed by atoms with Crippen LogP contribution in [-0.4, -0.2) is 25.5 Å². The maximum Gasteiger partial charge on any atom is 0.277 e. The number of carbonyl (C=O) groups is 1. The Kier molecular flexibility index (Phi) is 5.08. The summed E-state index contributed by atoms with van der Waals surface area (Å²) in [5.41, 5.74) is 0.979. The molecule has 0 aliphatic heterocycles. The number of hydrogen-bond acceptors (Lipinski definition) is 4. The van der Waals surface area contributed by atoms with Crippen LogP contribution in [0.15, 0.2) is 57.9 Å². The van der Waals surface area contributed by atoms with E-state index >= 15 is 0 Å². The van der Waals surface area contributed by atoms with E-state index in [0.29, 0.717) is 18.9 Å². The van der Waals surface area contributed by atoms with Crippen molar-refractivity contribution in [2.24, 2.45) is 0 Å². The van der Waals surface area contributed by atoms with Gasteiger partial charge in [0.2, 0.25) is 0 Å². The first-order valence-electron chi connectivity index (χ1n) is 7.73. The normalized spacial score (nSPS) is 10.6. The smallest absolute Gasteiger partial charge is 0.277 e. The van der Waals surface area contributed by atoms with Gasteiger partial charge < -0.3 is 5.32 Å². The number of hydrogen-bond donors (Lipinski definition) is 1. The van der Waals surface area contributed by atoms with Crippen molar-refractivity contribution in [2.45, 2.75) is 20.0 Å². The third-order valence-corrected chi connectivity index (χ3v) is 4.41. The number of aryl methyl sites for hydroxylation is 1. The molecule has 3 aromatic rings. The third-order valence-electron chi connectivity index (χ3n) is 3.63. The van der Waals surface area contributed by atoms with E-state index in [2.05, 4.69) is 31.4 Å². The summed E-state index contributed by atoms with van der Waals surface area (Å²) >= 11 is 3.51. The summed E-state index contributed by atoms with van der Waals surface area (Å²) < 4.78 is 3.90. The minimum absolute atomic E-state index is 0.176. The molecule has 0 unspecified atom stereocenters. The molecule has 0 fully saturated rings. The molecule has 2 heterocycles. The Morgan fingerprint density at radius 2 is 1.96 bits per heavy atom. The summed E-state index contributed by atoms with van der Waals surface area (Å²) in [7, 11) is 0. The summed E-state index contributed by atoms with van der Waals surface area (Å²) in [4.78, 5) is 24.0. The molecule has 0 saturated carbocycles. The Balaban J connectivity index is 1.80. The van der Waals surface area contributed by atoms with Crippen molar-refractivity contribution in [3.05, 3.63) is 74.7 Å². The summed E-state index contributed by atoms with van der Waals surface area (Å²) in [5, 5.41) is 11.1. The zero-order chi connectivity index (χ0) is 17.8. The zero-order valence-electron chi connectivity index (χ0n) is 13.5. The van der Waals surface area contributed by atoms with Crippen LogP contribution in [0.1, 0.15) is 23.0 Å². The molecular formula is C17H16BrN5O2. The maximum atomic E-state index is 12.4. The maximum absolute atomic E-state index is 12.4. The molecule has 0 bridgehead atoms. The van der Waals surface area contributed by atoms with Crippen LogP contribution < -0.4 is 10.9 Å². The Bertz CT molecular complexity index is 963. The van der Waals surface area contributed by atoms with E-state index in [1.54, 1.807) is 23.9 Å². The predicted octanol–water partition coefficient (Wildman–Crippen LogP) is 2.52. The average Bonchev–Trinajstić information content (AvgIpc) is 3.04. The van der Waals surface area contributed by atoms with Crippen LogP contribution in [0.25, 0.3) is 0 Å². The quantitative estimate of drug-likeness (QED) is 0.711. The number of carbonyl (C=O) groups excluding carboxylic acids is 1. The highest BCUT2D eigenvalue weighted by Crippen LogP contribution is 2.19. The van der Waals surface area contributed by atoms with Crippen molar-refractivity contribution in [3.63, 3.8) is 0 Å². The second kappa shape index (κ2) is 7.43. The monoisotopic (exact) mass is 401 g/mol. The van der Waals surface area contributed by atoms with Crippen LogP contribution in [0.2, 0.25) is 0 Å². The van der Waals surface area contributed by atoms with Crippen molar-refractivity contribution in [3.8, 4) is 0 Å². The lowest BCUT2D eigenvalue weighted by Gasteiger charge is -2.10. The van der Waals surface area contributed by atoms with Crippen molar-refractivity contribution in [2.75, 3.05) is 5.32 Å². The Morgan fingerprint density at radius 3 is 2.72 bits per heavy atom. The molecule has 3 rings (SSSR count). The zero-order valence-corrected chi connectivity index (χ0v) is 15.1. The highest BCUT2D eigenvalue weighted by Gasteiger charge is 2.13. The fraction of sp³-hybridized carbons (Fsp3) is 0.176. The number of benzene rings is 1. The fourth-order valence-corrected chi connectivity index (χ4v) is 2.74. The number of rotatable bonds is 5. The van der Waals surface area contributed by atoms with Crippen molar-refractivity contribution >= 4 is 27.7 Å². The van der Waals surface area contributed by atoms with Crippen LogP contribution in [0.4, 0.5) is 5.82 Å². The van der Waals surface area contributed by atoms with Gasteiger partial charge in [0.25, 0.3) is 11.5 Å². The lowest BCUT2D eigenvalue weighted by Crippen LogP contribution is -2.26. The standard InChI is InChI=1S/C17H16BrN5O2/c1-2-22-16(24)8-7-14(21-22)17(25)20-15-9-10-19-23(15)11-12-5-3-4-6-13(12)18/h3-10H,2,11H2,1H3,(H,20,25). The van der Waals surface area contributed by atoms with Gasteiger partial charge in [-0.25, -0.2) is 9.36 Å². The van der Waals surface area contributed by atoms with E-state index < -0.39 is 5.91 Å². The van der Waals surface area contributed by atoms with Gasteiger partial charge in [0.15, 0.2) is 0 Å². The summed E-state index contributed by atoms with van der Waals surface area (Å²) in [5.74, 6) is 0.160. The van der Waals surface area contributed by atoms with Crippen LogP contribution in [0.3, 0.4) is 0 Å². The van der Waals surface area contributed by atoms with E-state index in [4.69, 9.17) is 0 Å². The molecule has 0 saturated heterocycles. The molecule has 1 N–H and O–H groups in total. The van der Waals surface area contributed by atoms with E-state index in [-0.39, 0.29) is 11.3 Å². The van der Waals surface area contributed by atoms with Crippen LogP contribution in [-0.2, 0) is 13.1 Å². The summed E-state index contributed by atoms with van der Waals surface area (Å²) in [6.07, 6.45) is 1.62. The SMILES string of the molecule is CCn1nc(C(=O)Nc2ccnn2Cc2ccccc2Br)ccc1=O. The summed E-state index contributed by atoms with van der Waals surface area (Å²) in [6, 6.07) is 12.3. The topological polar surface area (TPSA) is 81.8 Å². The number of anilines is 1. The van der Waals surface area contributed by atoms with Gasteiger partial charge in [-0.3, -0.25) is 9.59 Å². The molecule has 128 valence electrons. The lowest BCUT2D eigenvalue weighted by molar-refractivity contribution is 0.101. The first kappa shape index (κ1) is 17.1. The molecule has 0 aliphatic rings. The molecule has 25 heavy (non-hydrogen) atoms. The van der Waals surface area contributed by atoms with Gasteiger partial charge in [-0.2, -0.15) is 10.2 Å². The molecule has 2 aromatic heterocycles. The van der Waals surface area contributed by atoms with Crippen LogP contribution in [0.5, 0.6) is 0 Å². The first-order valence-corrected chi connectivity index (χ1v) is 8.52. The number of halogens is 1. The fourth-order valence-electron chi connectivity index (χ4n) is 2.33. The van der Waals surface area contributed by atoms with Crippen molar-refractivity contribution in [1.82, 2.24) is 19.6 Å². The van der Waals surface area contributed by atoms with Gasteiger partial charge in [0.05, 0.1) is 12.7 Å². The van der Waals surface area contributed by atoms with Gasteiger partial charge in [0.1, 0.15) is 11.5 Å². The van der Waals surface area contributed by atoms with Crippen molar-refractivity contribution in [1.29, 1.82) is 0 Å². The minimum atomic E-state index is -0.393. The number of amides is 1. The Hall–Kier alpha value is -2.74. The average molecular weight is 402 g/mol. The van der Waals surface area contributed by atoms with Gasteiger partial charge >= 0.3 is 0 Å². The molecular weight excluding hydrogens is 386 g/mol. The number of aromatic nitrogens is 4. The molecule has 0 aliphatic carbocycles. The highest BCUT2D eigenvalue weighted by atomic mass is 79.9. The molecule has 1 amide bonds. The minimum Gasteiger partial charge on any atom is -0.305 e. The predicted molar refractivity (Wildman–Crippen MR) is 97.6 cm³/mol. The van der Waals surface area contributed by atoms with E-state index in [1.807, 2.05) is 24.3 Å². The molecule has 1 aromatic carbocycles. The molecule has 8 heteroatoms. The number of nitrogens with zero attached hydrogens (tertiary/aromatic N) is 4. The highest BCUT2D eigenvalue weighted by molar-refractivity contribution is 9.10. The second-order valence-corrected chi connectivity index (χ2v) is 6.15. The summed E-state index contributed by atoms with van der Waals surface area (Å²) in [6.45, 7) is 2.70. The second-order valence-electron chi connectivity index (χ2n) is 5.29. The first-order chi connectivity index (χ1) is 12.1. The van der Waals surface area contributed by atoms with Gasteiger partial charge in [-0.15, -0.1) is 0 Å². The van der Waals surface area contributed by atoms with Crippen LogP contribution in [0, 0.1) is 0 Å². The van der Waals surface area contributed by atoms with Gasteiger partial charge in [-0.1, -0.05) is 34.1 Å².